The number of alkyl halides is 3. The first-order valence-corrected chi connectivity index (χ1v) is 12.5. The van der Waals surface area contributed by atoms with Crippen LogP contribution in [0.4, 0.5) is 13.2 Å². The number of carbonyl (C=O) groups is 2. The number of hydrogen-bond acceptors (Lipinski definition) is 6. The number of phenolic OH excluding ortho intramolecular Hbond substituents is 1. The number of aryl methyl sites for hydroxylation is 1. The molecule has 208 valence electrons. The van der Waals surface area contributed by atoms with E-state index in [-0.39, 0.29) is 35.1 Å². The Balaban J connectivity index is 1.53. The molecule has 12 heteroatoms. The van der Waals surface area contributed by atoms with Gasteiger partial charge in [-0.25, -0.2) is 0 Å². The number of furan rings is 1. The van der Waals surface area contributed by atoms with Crippen LogP contribution in [0.1, 0.15) is 34.5 Å². The number of aromatic hydroxyl groups is 1. The average Bonchev–Trinajstić information content (AvgIpc) is 3.60. The van der Waals surface area contributed by atoms with Crippen LogP contribution in [0.5, 0.6) is 5.75 Å². The van der Waals surface area contributed by atoms with Crippen LogP contribution in [-0.2, 0) is 17.5 Å². The smallest absolute Gasteiger partial charge is 0.416 e. The number of amides is 2. The number of nitrogens with zero attached hydrogens (tertiary/aromatic N) is 5. The first kappa shape index (κ1) is 27.0. The van der Waals surface area contributed by atoms with Crippen LogP contribution in [0.15, 0.2) is 59.3 Å². The molecule has 2 aromatic heterocycles. The molecule has 0 bridgehead atoms. The average molecular weight is 554 g/mol. The van der Waals surface area contributed by atoms with E-state index in [4.69, 9.17) is 4.42 Å². The number of hydrogen-bond donors (Lipinski definition) is 1. The second kappa shape index (κ2) is 10.5. The molecule has 0 spiro atoms. The van der Waals surface area contributed by atoms with Crippen LogP contribution in [-0.4, -0.2) is 68.9 Å². The predicted molar refractivity (Wildman–Crippen MR) is 140 cm³/mol. The molecule has 0 radical (unpaired) electrons. The third kappa shape index (κ3) is 5.42. The molecule has 5 rings (SSSR count). The van der Waals surface area contributed by atoms with Gasteiger partial charge >= 0.3 is 6.18 Å². The van der Waals surface area contributed by atoms with Crippen molar-refractivity contribution < 1.29 is 32.3 Å². The third-order valence-corrected chi connectivity index (χ3v) is 6.75. The molecule has 0 fully saturated rings. The Morgan fingerprint density at radius 2 is 1.93 bits per heavy atom. The first-order valence-electron chi connectivity index (χ1n) is 12.5. The van der Waals surface area contributed by atoms with E-state index in [9.17, 15) is 27.9 Å². The van der Waals surface area contributed by atoms with Gasteiger partial charge in [-0.3, -0.25) is 14.3 Å². The van der Waals surface area contributed by atoms with Gasteiger partial charge in [0, 0.05) is 56.3 Å². The van der Waals surface area contributed by atoms with Gasteiger partial charge < -0.3 is 19.3 Å². The lowest BCUT2D eigenvalue weighted by Crippen LogP contribution is -2.35. The minimum absolute atomic E-state index is 0.0485. The maximum absolute atomic E-state index is 13.2. The summed E-state index contributed by atoms with van der Waals surface area (Å²) in [5, 5.41) is 18.8. The normalized spacial score (nSPS) is 13.9. The quantitative estimate of drug-likeness (QED) is 0.367. The van der Waals surface area contributed by atoms with Gasteiger partial charge in [-0.15, -0.1) is 5.10 Å². The van der Waals surface area contributed by atoms with E-state index < -0.39 is 17.5 Å². The number of benzene rings is 2. The van der Waals surface area contributed by atoms with Crippen LogP contribution in [0, 0.1) is 0 Å². The van der Waals surface area contributed by atoms with Gasteiger partial charge in [-0.05, 0) is 54.0 Å². The van der Waals surface area contributed by atoms with Crippen LogP contribution in [0.2, 0.25) is 0 Å². The summed E-state index contributed by atoms with van der Waals surface area (Å²) < 4.78 is 47.2. The van der Waals surface area contributed by atoms with E-state index in [1.807, 2.05) is 12.1 Å². The minimum Gasteiger partial charge on any atom is -0.507 e. The van der Waals surface area contributed by atoms with Crippen molar-refractivity contribution in [1.82, 2.24) is 24.8 Å². The standard InChI is InChI=1S/C28H26F3N5O4/c1-34(2)27(39)24-14-19-12-18(17-4-3-9-35(16-17)25(38)7-10-36-11-8-32-33-36)13-22(26(19)40-24)21-6-5-20(15-23(21)37)28(29,30)31/h4-6,8,11-15,37H,3,7,9-10,16H2,1-2H3. The van der Waals surface area contributed by atoms with Gasteiger partial charge in [-0.2, -0.15) is 13.2 Å². The Kier molecular flexibility index (Phi) is 7.09. The summed E-state index contributed by atoms with van der Waals surface area (Å²) in [4.78, 5) is 28.6. The van der Waals surface area contributed by atoms with Gasteiger partial charge in [-0.1, -0.05) is 11.3 Å². The zero-order chi connectivity index (χ0) is 28.6. The fourth-order valence-electron chi connectivity index (χ4n) is 4.69. The second-order valence-electron chi connectivity index (χ2n) is 9.73. The second-order valence-corrected chi connectivity index (χ2v) is 9.73. The van der Waals surface area contributed by atoms with Crippen molar-refractivity contribution in [2.24, 2.45) is 0 Å². The van der Waals surface area contributed by atoms with Crippen molar-refractivity contribution in [1.29, 1.82) is 0 Å². The van der Waals surface area contributed by atoms with Crippen LogP contribution in [0.3, 0.4) is 0 Å². The van der Waals surface area contributed by atoms with Crippen molar-refractivity contribution in [2.75, 3.05) is 27.2 Å². The minimum atomic E-state index is -4.63. The molecule has 1 aliphatic rings. The Bertz CT molecular complexity index is 1610. The topological polar surface area (TPSA) is 105 Å². The third-order valence-electron chi connectivity index (χ3n) is 6.75. The summed E-state index contributed by atoms with van der Waals surface area (Å²) in [6, 6.07) is 7.81. The van der Waals surface area contributed by atoms with E-state index >= 15 is 0 Å². The fraction of sp³-hybridized carbons (Fsp3) is 0.286. The monoisotopic (exact) mass is 553 g/mol. The number of phenols is 1. The van der Waals surface area contributed by atoms with E-state index in [2.05, 4.69) is 10.3 Å². The molecular formula is C28H26F3N5O4. The van der Waals surface area contributed by atoms with E-state index in [0.717, 1.165) is 11.6 Å². The molecule has 0 saturated heterocycles. The van der Waals surface area contributed by atoms with E-state index in [1.54, 1.807) is 48.2 Å². The van der Waals surface area contributed by atoms with Crippen LogP contribution in [0.25, 0.3) is 27.7 Å². The van der Waals surface area contributed by atoms with Gasteiger partial charge in [0.15, 0.2) is 5.76 Å². The summed E-state index contributed by atoms with van der Waals surface area (Å²) in [5.74, 6) is -0.966. The lowest BCUT2D eigenvalue weighted by Gasteiger charge is -2.28. The lowest BCUT2D eigenvalue weighted by molar-refractivity contribution is -0.137. The number of fused-ring (bicyclic) bond motifs is 1. The van der Waals surface area contributed by atoms with E-state index in [1.165, 1.54) is 11.0 Å². The summed E-state index contributed by atoms with van der Waals surface area (Å²) in [7, 11) is 3.15. The molecule has 1 N–H and O–H groups in total. The highest BCUT2D eigenvalue weighted by molar-refractivity contribution is 6.02. The van der Waals surface area contributed by atoms with Gasteiger partial charge in [0.25, 0.3) is 5.91 Å². The molecule has 1 aliphatic heterocycles. The predicted octanol–water partition coefficient (Wildman–Crippen LogP) is 4.82. The largest absolute Gasteiger partial charge is 0.507 e. The maximum atomic E-state index is 13.2. The van der Waals surface area contributed by atoms with E-state index in [0.29, 0.717) is 48.6 Å². The molecule has 4 aromatic rings. The van der Waals surface area contributed by atoms with Crippen molar-refractivity contribution >= 4 is 28.4 Å². The number of carbonyl (C=O) groups excluding carboxylic acids is 2. The molecule has 0 unspecified atom stereocenters. The molecule has 2 aromatic carbocycles. The summed E-state index contributed by atoms with van der Waals surface area (Å²) in [6.45, 7) is 1.26. The zero-order valence-electron chi connectivity index (χ0n) is 21.8. The van der Waals surface area contributed by atoms with Gasteiger partial charge in [0.1, 0.15) is 11.3 Å². The lowest BCUT2D eigenvalue weighted by atomic mass is 9.93. The van der Waals surface area contributed by atoms with Gasteiger partial charge in [0.2, 0.25) is 5.91 Å². The van der Waals surface area contributed by atoms with Crippen molar-refractivity contribution in [3.63, 3.8) is 0 Å². The SMILES string of the molecule is CN(C)C(=O)c1cc2cc(C3=CCCN(C(=O)CCn4ccnn4)C3)cc(-c3ccc(C(F)(F)F)cc3O)c2o1. The molecule has 40 heavy (non-hydrogen) atoms. The highest BCUT2D eigenvalue weighted by Gasteiger charge is 2.31. The summed E-state index contributed by atoms with van der Waals surface area (Å²) >= 11 is 0. The first-order chi connectivity index (χ1) is 19.0. The molecule has 9 nitrogen and oxygen atoms in total. The van der Waals surface area contributed by atoms with Crippen molar-refractivity contribution in [3.05, 3.63) is 71.8 Å². The molecule has 0 saturated carbocycles. The number of rotatable bonds is 6. The fourth-order valence-corrected chi connectivity index (χ4v) is 4.69. The Labute approximate surface area is 227 Å². The Hall–Kier alpha value is -4.61. The molecular weight excluding hydrogens is 527 g/mol. The highest BCUT2D eigenvalue weighted by Crippen LogP contribution is 2.41. The Morgan fingerprint density at radius 3 is 2.60 bits per heavy atom. The highest BCUT2D eigenvalue weighted by atomic mass is 19.4. The van der Waals surface area contributed by atoms with Crippen LogP contribution >= 0.6 is 0 Å². The van der Waals surface area contributed by atoms with Crippen LogP contribution < -0.4 is 0 Å². The number of halogens is 3. The molecule has 3 heterocycles. The number of aromatic nitrogens is 3. The summed E-state index contributed by atoms with van der Waals surface area (Å²) in [5.41, 5.74) is 1.24. The zero-order valence-corrected chi connectivity index (χ0v) is 21.8. The van der Waals surface area contributed by atoms with Gasteiger partial charge in [0.05, 0.1) is 18.3 Å². The Morgan fingerprint density at radius 1 is 1.12 bits per heavy atom. The van der Waals surface area contributed by atoms with Crippen molar-refractivity contribution in [2.45, 2.75) is 25.6 Å². The summed E-state index contributed by atoms with van der Waals surface area (Å²) in [6.07, 6.45) is 1.46. The molecule has 2 amide bonds. The maximum Gasteiger partial charge on any atom is 0.416 e. The van der Waals surface area contributed by atoms with Crippen molar-refractivity contribution in [3.8, 4) is 16.9 Å². The molecule has 0 atom stereocenters. The molecule has 0 aliphatic carbocycles.